The molecule has 0 saturated heterocycles. The van der Waals surface area contributed by atoms with Gasteiger partial charge in [-0.15, -0.1) is 0 Å². The molecule has 0 aliphatic carbocycles. The number of nitrogens with two attached hydrogens (primary N) is 1. The van der Waals surface area contributed by atoms with Gasteiger partial charge in [-0.1, -0.05) is 6.92 Å². The normalized spacial score (nSPS) is 13.7. The second-order valence-electron chi connectivity index (χ2n) is 4.47. The average molecular weight is 250 g/mol. The first-order chi connectivity index (χ1) is 8.35. The molecule has 1 atom stereocenters. The number of carbonyl (C=O) groups excluding carboxylic acids is 2. The molecule has 98 valence electrons. The smallest absolute Gasteiger partial charge is 0.251 e. The van der Waals surface area contributed by atoms with E-state index in [1.54, 1.807) is 6.92 Å². The molecule has 0 aliphatic heterocycles. The summed E-state index contributed by atoms with van der Waals surface area (Å²) in [6, 6.07) is 6.04. The predicted molar refractivity (Wildman–Crippen MR) is 68.2 cm³/mol. The minimum atomic E-state index is -0.914. The highest BCUT2D eigenvalue weighted by Crippen LogP contribution is 2.08. The number of benzene rings is 1. The van der Waals surface area contributed by atoms with E-state index in [0.29, 0.717) is 17.5 Å². The van der Waals surface area contributed by atoms with Crippen molar-refractivity contribution in [3.05, 3.63) is 35.4 Å². The van der Waals surface area contributed by atoms with Crippen molar-refractivity contribution >= 4 is 11.8 Å². The maximum atomic E-state index is 11.8. The predicted octanol–water partition coefficient (Wildman–Crippen LogP) is 0.676. The third-order valence-electron chi connectivity index (χ3n) is 2.82. The van der Waals surface area contributed by atoms with Crippen molar-refractivity contribution in [3.63, 3.8) is 0 Å². The summed E-state index contributed by atoms with van der Waals surface area (Å²) in [6.45, 7) is 3.68. The van der Waals surface area contributed by atoms with Crippen LogP contribution in [-0.2, 0) is 0 Å². The standard InChI is InChI=1S/C13H18N2O3/c1-3-13(2,18)8-15-12(17)10-6-4-9(5-7-10)11(14)16/h4-7,18H,3,8H2,1-2H3,(H2,14,16)(H,15,17). The molecule has 2 amide bonds. The molecule has 0 fully saturated rings. The molecule has 18 heavy (non-hydrogen) atoms. The molecule has 0 spiro atoms. The fraction of sp³-hybridized carbons (Fsp3) is 0.385. The van der Waals surface area contributed by atoms with Gasteiger partial charge in [-0.2, -0.15) is 0 Å². The van der Waals surface area contributed by atoms with E-state index < -0.39 is 11.5 Å². The first kappa shape index (κ1) is 14.2. The summed E-state index contributed by atoms with van der Waals surface area (Å²) in [7, 11) is 0. The van der Waals surface area contributed by atoms with Gasteiger partial charge in [-0.25, -0.2) is 0 Å². The lowest BCUT2D eigenvalue weighted by atomic mass is 10.0. The van der Waals surface area contributed by atoms with Gasteiger partial charge in [0, 0.05) is 17.7 Å². The highest BCUT2D eigenvalue weighted by Gasteiger charge is 2.18. The minimum absolute atomic E-state index is 0.180. The summed E-state index contributed by atoms with van der Waals surface area (Å²) in [4.78, 5) is 22.6. The lowest BCUT2D eigenvalue weighted by Gasteiger charge is -2.21. The van der Waals surface area contributed by atoms with Gasteiger partial charge in [-0.05, 0) is 37.6 Å². The minimum Gasteiger partial charge on any atom is -0.388 e. The molecule has 0 saturated carbocycles. The summed E-state index contributed by atoms with van der Waals surface area (Å²) >= 11 is 0. The van der Waals surface area contributed by atoms with Crippen LogP contribution in [0, 0.1) is 0 Å². The number of aliphatic hydroxyl groups is 1. The van der Waals surface area contributed by atoms with Crippen LogP contribution in [0.4, 0.5) is 0 Å². The number of hydrogen-bond donors (Lipinski definition) is 3. The maximum absolute atomic E-state index is 11.8. The topological polar surface area (TPSA) is 92.4 Å². The molecule has 1 aromatic carbocycles. The van der Waals surface area contributed by atoms with Crippen molar-refractivity contribution in [2.45, 2.75) is 25.9 Å². The van der Waals surface area contributed by atoms with Crippen LogP contribution in [0.1, 0.15) is 41.0 Å². The summed E-state index contributed by atoms with van der Waals surface area (Å²) in [6.07, 6.45) is 0.549. The van der Waals surface area contributed by atoms with Crippen molar-refractivity contribution in [2.75, 3.05) is 6.54 Å². The van der Waals surface area contributed by atoms with E-state index in [1.807, 2.05) is 6.92 Å². The van der Waals surface area contributed by atoms with E-state index in [9.17, 15) is 14.7 Å². The Labute approximate surface area is 106 Å². The largest absolute Gasteiger partial charge is 0.388 e. The van der Waals surface area contributed by atoms with Crippen LogP contribution in [0.15, 0.2) is 24.3 Å². The van der Waals surface area contributed by atoms with Crippen LogP contribution < -0.4 is 11.1 Å². The first-order valence-corrected chi connectivity index (χ1v) is 5.76. The summed E-state index contributed by atoms with van der Waals surface area (Å²) in [5, 5.41) is 12.4. The number of hydrogen-bond acceptors (Lipinski definition) is 3. The van der Waals surface area contributed by atoms with Gasteiger partial charge in [-0.3, -0.25) is 9.59 Å². The number of rotatable bonds is 5. The van der Waals surface area contributed by atoms with E-state index in [2.05, 4.69) is 5.32 Å². The molecule has 0 radical (unpaired) electrons. The molecule has 0 aromatic heterocycles. The zero-order valence-electron chi connectivity index (χ0n) is 10.6. The SMILES string of the molecule is CCC(C)(O)CNC(=O)c1ccc(C(N)=O)cc1. The van der Waals surface area contributed by atoms with Crippen molar-refractivity contribution < 1.29 is 14.7 Å². The van der Waals surface area contributed by atoms with E-state index >= 15 is 0 Å². The number of carbonyl (C=O) groups is 2. The Bertz CT molecular complexity index is 438. The van der Waals surface area contributed by atoms with Crippen molar-refractivity contribution in [1.29, 1.82) is 0 Å². The van der Waals surface area contributed by atoms with Gasteiger partial charge in [0.15, 0.2) is 0 Å². The average Bonchev–Trinajstić information content (AvgIpc) is 2.36. The molecular weight excluding hydrogens is 232 g/mol. The van der Waals surface area contributed by atoms with Gasteiger partial charge < -0.3 is 16.2 Å². The van der Waals surface area contributed by atoms with Crippen molar-refractivity contribution in [2.24, 2.45) is 5.73 Å². The molecule has 1 aromatic rings. The molecule has 0 aliphatic rings. The van der Waals surface area contributed by atoms with Gasteiger partial charge >= 0.3 is 0 Å². The van der Waals surface area contributed by atoms with Gasteiger partial charge in [0.25, 0.3) is 5.91 Å². The lowest BCUT2D eigenvalue weighted by molar-refractivity contribution is 0.0518. The van der Waals surface area contributed by atoms with E-state index in [1.165, 1.54) is 24.3 Å². The molecule has 4 N–H and O–H groups in total. The fourth-order valence-corrected chi connectivity index (χ4v) is 1.28. The zero-order chi connectivity index (χ0) is 13.8. The van der Waals surface area contributed by atoms with E-state index in [0.717, 1.165) is 0 Å². The lowest BCUT2D eigenvalue weighted by Crippen LogP contribution is -2.40. The summed E-state index contributed by atoms with van der Waals surface area (Å²) in [5.41, 5.74) is 4.96. The third kappa shape index (κ3) is 3.85. The number of nitrogens with one attached hydrogen (secondary N) is 1. The van der Waals surface area contributed by atoms with Crippen molar-refractivity contribution in [1.82, 2.24) is 5.32 Å². The number of amides is 2. The number of primary amides is 1. The Morgan fingerprint density at radius 2 is 1.78 bits per heavy atom. The van der Waals surface area contributed by atoms with Gasteiger partial charge in [0.2, 0.25) is 5.91 Å². The van der Waals surface area contributed by atoms with Gasteiger partial charge in [0.1, 0.15) is 0 Å². The maximum Gasteiger partial charge on any atom is 0.251 e. The Balaban J connectivity index is 2.65. The Morgan fingerprint density at radius 3 is 2.22 bits per heavy atom. The first-order valence-electron chi connectivity index (χ1n) is 5.76. The molecule has 0 bridgehead atoms. The molecule has 0 heterocycles. The Hall–Kier alpha value is -1.88. The van der Waals surface area contributed by atoms with Crippen LogP contribution in [0.5, 0.6) is 0 Å². The summed E-state index contributed by atoms with van der Waals surface area (Å²) < 4.78 is 0. The highest BCUT2D eigenvalue weighted by atomic mass is 16.3. The van der Waals surface area contributed by atoms with Crippen LogP contribution in [0.3, 0.4) is 0 Å². The molecular formula is C13H18N2O3. The summed E-state index contributed by atoms with van der Waals surface area (Å²) in [5.74, 6) is -0.824. The molecule has 5 nitrogen and oxygen atoms in total. The highest BCUT2D eigenvalue weighted by molar-refractivity contribution is 5.97. The molecule has 1 unspecified atom stereocenters. The monoisotopic (exact) mass is 250 g/mol. The Morgan fingerprint density at radius 1 is 1.28 bits per heavy atom. The van der Waals surface area contributed by atoms with Crippen LogP contribution in [0.2, 0.25) is 0 Å². The van der Waals surface area contributed by atoms with Gasteiger partial charge in [0.05, 0.1) is 5.60 Å². The molecule has 1 rings (SSSR count). The second kappa shape index (κ2) is 5.64. The van der Waals surface area contributed by atoms with Crippen molar-refractivity contribution in [3.8, 4) is 0 Å². The zero-order valence-corrected chi connectivity index (χ0v) is 10.6. The van der Waals surface area contributed by atoms with E-state index in [4.69, 9.17) is 5.73 Å². The van der Waals surface area contributed by atoms with Crippen LogP contribution >= 0.6 is 0 Å². The molecule has 5 heteroatoms. The van der Waals surface area contributed by atoms with Crippen LogP contribution in [-0.4, -0.2) is 29.1 Å². The fourth-order valence-electron chi connectivity index (χ4n) is 1.28. The van der Waals surface area contributed by atoms with E-state index in [-0.39, 0.29) is 12.5 Å². The third-order valence-corrected chi connectivity index (χ3v) is 2.82. The Kier molecular flexibility index (Phi) is 4.44. The second-order valence-corrected chi connectivity index (χ2v) is 4.47. The quantitative estimate of drug-likeness (QED) is 0.717. The van der Waals surface area contributed by atoms with Crippen LogP contribution in [0.25, 0.3) is 0 Å².